The molecule has 0 heterocycles. The van der Waals surface area contributed by atoms with E-state index in [1.54, 1.807) is 12.2 Å². The molecule has 6 heteroatoms. The maximum absolute atomic E-state index is 12.0. The zero-order valence-electron chi connectivity index (χ0n) is 12.4. The van der Waals surface area contributed by atoms with Crippen molar-refractivity contribution in [2.45, 2.75) is 6.92 Å². The second-order valence-electron chi connectivity index (χ2n) is 4.48. The Kier molecular flexibility index (Phi) is 6.56. The van der Waals surface area contributed by atoms with Gasteiger partial charge in [-0.15, -0.1) is 13.2 Å². The standard InChI is InChI=1S/C16H19N3O3/c1-4-6-17-15(21)12-8-13(16(22)18-7-5-2)10-14(9-12)19-11(3)20/h4-5,8-10H,1-2,6-7H2,3H3,(H,17,21)(H,18,22)(H,19,20). The third kappa shape index (κ3) is 5.24. The van der Waals surface area contributed by atoms with Crippen LogP contribution in [0.1, 0.15) is 27.6 Å². The molecule has 116 valence electrons. The average molecular weight is 301 g/mol. The van der Waals surface area contributed by atoms with Crippen LogP contribution < -0.4 is 16.0 Å². The van der Waals surface area contributed by atoms with Gasteiger partial charge in [-0.25, -0.2) is 0 Å². The van der Waals surface area contributed by atoms with Gasteiger partial charge in [-0.1, -0.05) is 12.2 Å². The quantitative estimate of drug-likeness (QED) is 0.667. The van der Waals surface area contributed by atoms with Crippen molar-refractivity contribution in [1.29, 1.82) is 0 Å². The number of hydrogen-bond donors (Lipinski definition) is 3. The number of hydrogen-bond acceptors (Lipinski definition) is 3. The molecule has 0 saturated carbocycles. The topological polar surface area (TPSA) is 87.3 Å². The molecule has 3 N–H and O–H groups in total. The van der Waals surface area contributed by atoms with E-state index in [1.807, 2.05) is 0 Å². The molecule has 0 spiro atoms. The highest BCUT2D eigenvalue weighted by molar-refractivity contribution is 6.02. The molecule has 0 fully saturated rings. The van der Waals surface area contributed by atoms with Gasteiger partial charge in [-0.05, 0) is 18.2 Å². The summed E-state index contributed by atoms with van der Waals surface area (Å²) in [5.74, 6) is -1.00. The number of rotatable bonds is 7. The number of anilines is 1. The molecule has 0 saturated heterocycles. The SMILES string of the molecule is C=CCNC(=O)c1cc(NC(C)=O)cc(C(=O)NCC=C)c1. The van der Waals surface area contributed by atoms with Crippen molar-refractivity contribution in [1.82, 2.24) is 10.6 Å². The average Bonchev–Trinajstić information content (AvgIpc) is 2.49. The Balaban J connectivity index is 3.11. The predicted octanol–water partition coefficient (Wildman–Crippen LogP) is 1.48. The van der Waals surface area contributed by atoms with Gasteiger partial charge >= 0.3 is 0 Å². The molecule has 0 atom stereocenters. The third-order valence-corrected chi connectivity index (χ3v) is 2.59. The molecule has 0 bridgehead atoms. The summed E-state index contributed by atoms with van der Waals surface area (Å²) in [5.41, 5.74) is 0.927. The van der Waals surface area contributed by atoms with Gasteiger partial charge in [0.05, 0.1) is 0 Å². The zero-order valence-corrected chi connectivity index (χ0v) is 12.4. The number of nitrogens with one attached hydrogen (secondary N) is 3. The van der Waals surface area contributed by atoms with E-state index >= 15 is 0 Å². The fraction of sp³-hybridized carbons (Fsp3) is 0.188. The molecule has 0 radical (unpaired) electrons. The Bertz CT molecular complexity index is 566. The van der Waals surface area contributed by atoms with Crippen LogP contribution in [0.3, 0.4) is 0 Å². The Morgan fingerprint density at radius 2 is 1.41 bits per heavy atom. The molecule has 1 aromatic rings. The molecule has 0 aromatic heterocycles. The minimum absolute atomic E-state index is 0.275. The highest BCUT2D eigenvalue weighted by Crippen LogP contribution is 2.15. The molecule has 0 aliphatic rings. The van der Waals surface area contributed by atoms with Gasteiger partial charge < -0.3 is 16.0 Å². The lowest BCUT2D eigenvalue weighted by molar-refractivity contribution is -0.114. The lowest BCUT2D eigenvalue weighted by Gasteiger charge is -2.10. The first kappa shape index (κ1) is 17.2. The summed E-state index contributed by atoms with van der Waals surface area (Å²) in [5, 5.41) is 7.81. The predicted molar refractivity (Wildman–Crippen MR) is 85.8 cm³/mol. The van der Waals surface area contributed by atoms with E-state index in [4.69, 9.17) is 0 Å². The van der Waals surface area contributed by atoms with Crippen molar-refractivity contribution < 1.29 is 14.4 Å². The van der Waals surface area contributed by atoms with E-state index in [-0.39, 0.29) is 28.8 Å². The van der Waals surface area contributed by atoms with E-state index in [9.17, 15) is 14.4 Å². The van der Waals surface area contributed by atoms with Crippen molar-refractivity contribution in [3.05, 3.63) is 54.6 Å². The number of carbonyl (C=O) groups excluding carboxylic acids is 3. The van der Waals surface area contributed by atoms with Crippen LogP contribution in [0.2, 0.25) is 0 Å². The van der Waals surface area contributed by atoms with Gasteiger partial charge in [0.1, 0.15) is 0 Å². The van der Waals surface area contributed by atoms with Gasteiger partial charge in [0.25, 0.3) is 11.8 Å². The van der Waals surface area contributed by atoms with Gasteiger partial charge in [0.15, 0.2) is 0 Å². The van der Waals surface area contributed by atoms with E-state index < -0.39 is 0 Å². The van der Waals surface area contributed by atoms with Gasteiger partial charge in [0, 0.05) is 36.8 Å². The fourth-order valence-corrected chi connectivity index (χ4v) is 1.70. The smallest absolute Gasteiger partial charge is 0.251 e. The van der Waals surface area contributed by atoms with Gasteiger partial charge in [-0.3, -0.25) is 14.4 Å². The summed E-state index contributed by atoms with van der Waals surface area (Å²) < 4.78 is 0. The van der Waals surface area contributed by atoms with E-state index in [0.717, 1.165) is 0 Å². The zero-order chi connectivity index (χ0) is 16.5. The first-order valence-corrected chi connectivity index (χ1v) is 6.68. The monoisotopic (exact) mass is 301 g/mol. The van der Waals surface area contributed by atoms with Gasteiger partial charge in [0.2, 0.25) is 5.91 Å². The molecule has 3 amide bonds. The van der Waals surface area contributed by atoms with Crippen LogP contribution in [0.25, 0.3) is 0 Å². The molecule has 22 heavy (non-hydrogen) atoms. The van der Waals surface area contributed by atoms with Crippen molar-refractivity contribution in [3.63, 3.8) is 0 Å². The molecule has 1 rings (SSSR count). The Hall–Kier alpha value is -2.89. The number of amides is 3. The third-order valence-electron chi connectivity index (χ3n) is 2.59. The lowest BCUT2D eigenvalue weighted by Crippen LogP contribution is -2.26. The first-order valence-electron chi connectivity index (χ1n) is 6.68. The van der Waals surface area contributed by atoms with E-state index in [2.05, 4.69) is 29.1 Å². The molecule has 0 aliphatic carbocycles. The van der Waals surface area contributed by atoms with Crippen LogP contribution in [0.15, 0.2) is 43.5 Å². The van der Waals surface area contributed by atoms with Crippen molar-refractivity contribution in [2.24, 2.45) is 0 Å². The number of benzene rings is 1. The van der Waals surface area contributed by atoms with Gasteiger partial charge in [-0.2, -0.15) is 0 Å². The molecule has 6 nitrogen and oxygen atoms in total. The van der Waals surface area contributed by atoms with Crippen LogP contribution in [0.5, 0.6) is 0 Å². The summed E-state index contributed by atoms with van der Waals surface area (Å²) in [6.07, 6.45) is 3.10. The van der Waals surface area contributed by atoms with Crippen LogP contribution >= 0.6 is 0 Å². The van der Waals surface area contributed by atoms with Crippen LogP contribution in [0.4, 0.5) is 5.69 Å². The van der Waals surface area contributed by atoms with Crippen LogP contribution in [-0.4, -0.2) is 30.8 Å². The van der Waals surface area contributed by atoms with Crippen LogP contribution in [0, 0.1) is 0 Å². The summed E-state index contributed by atoms with van der Waals surface area (Å²) in [6.45, 7) is 9.00. The highest BCUT2D eigenvalue weighted by Gasteiger charge is 2.13. The maximum Gasteiger partial charge on any atom is 0.251 e. The maximum atomic E-state index is 12.0. The lowest BCUT2D eigenvalue weighted by atomic mass is 10.1. The van der Waals surface area contributed by atoms with Crippen molar-refractivity contribution in [3.8, 4) is 0 Å². The summed E-state index contributed by atoms with van der Waals surface area (Å²) in [4.78, 5) is 35.2. The normalized spacial score (nSPS) is 9.50. The number of carbonyl (C=O) groups is 3. The molecule has 0 aliphatic heterocycles. The molecule has 1 aromatic carbocycles. The second kappa shape index (κ2) is 8.41. The first-order chi connectivity index (χ1) is 10.5. The summed E-state index contributed by atoms with van der Waals surface area (Å²) >= 11 is 0. The Labute approximate surface area is 129 Å². The van der Waals surface area contributed by atoms with Crippen molar-refractivity contribution >= 4 is 23.4 Å². The minimum atomic E-state index is -0.357. The molecular formula is C16H19N3O3. The Morgan fingerprint density at radius 1 is 0.955 bits per heavy atom. The summed E-state index contributed by atoms with van der Waals surface area (Å²) in [6, 6.07) is 4.47. The fourth-order valence-electron chi connectivity index (χ4n) is 1.70. The summed E-state index contributed by atoms with van der Waals surface area (Å²) in [7, 11) is 0. The highest BCUT2D eigenvalue weighted by atomic mass is 16.2. The molecular weight excluding hydrogens is 282 g/mol. The van der Waals surface area contributed by atoms with Crippen molar-refractivity contribution in [2.75, 3.05) is 18.4 Å². The largest absolute Gasteiger partial charge is 0.349 e. The second-order valence-corrected chi connectivity index (χ2v) is 4.48. The van der Waals surface area contributed by atoms with E-state index in [1.165, 1.54) is 25.1 Å². The molecule has 0 unspecified atom stereocenters. The van der Waals surface area contributed by atoms with Crippen LogP contribution in [-0.2, 0) is 4.79 Å². The van der Waals surface area contributed by atoms with E-state index in [0.29, 0.717) is 18.8 Å². The minimum Gasteiger partial charge on any atom is -0.349 e. The Morgan fingerprint density at radius 3 is 1.77 bits per heavy atom.